The molecule has 5 heteroatoms. The molecule has 1 rings (SSSR count). The Morgan fingerprint density at radius 1 is 1.59 bits per heavy atom. The molecule has 0 bridgehead atoms. The molecule has 0 aliphatic carbocycles. The maximum Gasteiger partial charge on any atom is 0.161 e. The van der Waals surface area contributed by atoms with Gasteiger partial charge in [0.1, 0.15) is 6.07 Å². The van der Waals surface area contributed by atoms with Crippen molar-refractivity contribution in [3.8, 4) is 6.07 Å². The van der Waals surface area contributed by atoms with Gasteiger partial charge in [-0.3, -0.25) is 0 Å². The Balaban J connectivity index is 3.08. The molecule has 0 aliphatic rings. The minimum Gasteiger partial charge on any atom is -0.369 e. The number of hydrogen-bond donors (Lipinski definition) is 0. The van der Waals surface area contributed by atoms with E-state index in [2.05, 4.69) is 15.9 Å². The number of anilines is 1. The highest BCUT2D eigenvalue weighted by molar-refractivity contribution is 9.10. The van der Waals surface area contributed by atoms with Crippen LogP contribution in [0.1, 0.15) is 12.5 Å². The van der Waals surface area contributed by atoms with Crippen LogP contribution >= 0.6 is 27.7 Å². The van der Waals surface area contributed by atoms with Crippen molar-refractivity contribution in [3.05, 3.63) is 28.0 Å². The van der Waals surface area contributed by atoms with Crippen molar-refractivity contribution >= 4 is 33.4 Å². The van der Waals surface area contributed by atoms with Crippen molar-refractivity contribution in [2.45, 2.75) is 13.0 Å². The number of hydrogen-bond acceptors (Lipinski definition) is 3. The van der Waals surface area contributed by atoms with Crippen LogP contribution in [0.3, 0.4) is 0 Å². The largest absolute Gasteiger partial charge is 0.369 e. The van der Waals surface area contributed by atoms with Gasteiger partial charge in [-0.25, -0.2) is 4.39 Å². The molecule has 2 nitrogen and oxygen atoms in total. The Morgan fingerprint density at radius 2 is 2.24 bits per heavy atom. The molecule has 0 heterocycles. The molecule has 0 amide bonds. The van der Waals surface area contributed by atoms with Crippen LogP contribution in [0, 0.1) is 17.1 Å². The van der Waals surface area contributed by atoms with E-state index in [9.17, 15) is 4.39 Å². The average Bonchev–Trinajstić information content (AvgIpc) is 2.32. The minimum absolute atomic E-state index is 0.235. The van der Waals surface area contributed by atoms with Crippen LogP contribution in [0.2, 0.25) is 0 Å². The second kappa shape index (κ2) is 6.27. The lowest BCUT2D eigenvalue weighted by Crippen LogP contribution is -2.31. The van der Waals surface area contributed by atoms with Crippen molar-refractivity contribution in [2.75, 3.05) is 24.0 Å². The summed E-state index contributed by atoms with van der Waals surface area (Å²) in [5.41, 5.74) is 0.828. The van der Waals surface area contributed by atoms with Gasteiger partial charge < -0.3 is 4.90 Å². The average molecular weight is 317 g/mol. The zero-order valence-corrected chi connectivity index (χ0v) is 12.4. The van der Waals surface area contributed by atoms with Gasteiger partial charge in [-0.2, -0.15) is 17.0 Å². The first-order valence-corrected chi connectivity index (χ1v) is 7.31. The number of thioether (sulfide) groups is 1. The molecule has 1 aromatic rings. The summed E-state index contributed by atoms with van der Waals surface area (Å²) in [5, 5.41) is 8.80. The van der Waals surface area contributed by atoms with Crippen LogP contribution < -0.4 is 4.90 Å². The standard InChI is InChI=1S/C12H14BrFN2S/c1-8(7-17-3)16(2)10-5-4-9(6-15)11(13)12(10)14/h4-5,8H,7H2,1-3H3. The number of halogens is 2. The monoisotopic (exact) mass is 316 g/mol. The molecule has 0 fully saturated rings. The molecule has 1 unspecified atom stereocenters. The van der Waals surface area contributed by atoms with Gasteiger partial charge in [-0.1, -0.05) is 0 Å². The van der Waals surface area contributed by atoms with Crippen molar-refractivity contribution < 1.29 is 4.39 Å². The normalized spacial score (nSPS) is 12.0. The zero-order valence-electron chi connectivity index (χ0n) is 10.00. The molecule has 0 radical (unpaired) electrons. The topological polar surface area (TPSA) is 27.0 Å². The van der Waals surface area contributed by atoms with E-state index in [-0.39, 0.29) is 16.3 Å². The minimum atomic E-state index is -0.375. The first-order chi connectivity index (χ1) is 8.02. The van der Waals surface area contributed by atoms with E-state index in [1.165, 1.54) is 0 Å². The molecule has 1 aromatic carbocycles. The maximum atomic E-state index is 14.1. The van der Waals surface area contributed by atoms with E-state index in [0.717, 1.165) is 5.75 Å². The lowest BCUT2D eigenvalue weighted by Gasteiger charge is -2.27. The predicted octanol–water partition coefficient (Wildman–Crippen LogP) is 3.65. The molecule has 0 aromatic heterocycles. The number of nitriles is 1. The summed E-state index contributed by atoms with van der Waals surface area (Å²) in [6.07, 6.45) is 2.02. The number of rotatable bonds is 4. The van der Waals surface area contributed by atoms with E-state index in [0.29, 0.717) is 11.3 Å². The summed E-state index contributed by atoms with van der Waals surface area (Å²) in [4.78, 5) is 1.89. The molecule has 0 N–H and O–H groups in total. The molecule has 17 heavy (non-hydrogen) atoms. The Hall–Kier alpha value is -0.730. The van der Waals surface area contributed by atoms with Gasteiger partial charge in [0.05, 0.1) is 15.7 Å². The van der Waals surface area contributed by atoms with E-state index in [1.807, 2.05) is 31.2 Å². The molecular formula is C12H14BrFN2S. The number of benzene rings is 1. The van der Waals surface area contributed by atoms with Gasteiger partial charge in [0.15, 0.2) is 5.82 Å². The Bertz CT molecular complexity index is 445. The summed E-state index contributed by atoms with van der Waals surface area (Å²) in [7, 11) is 1.86. The fraction of sp³-hybridized carbons (Fsp3) is 0.417. The Morgan fingerprint density at radius 3 is 2.76 bits per heavy atom. The smallest absolute Gasteiger partial charge is 0.161 e. The molecule has 1 atom stereocenters. The van der Waals surface area contributed by atoms with Gasteiger partial charge in [0.25, 0.3) is 0 Å². The fourth-order valence-electron chi connectivity index (χ4n) is 1.49. The highest BCUT2D eigenvalue weighted by Crippen LogP contribution is 2.29. The predicted molar refractivity (Wildman–Crippen MR) is 75.1 cm³/mol. The second-order valence-corrected chi connectivity index (χ2v) is 5.49. The van der Waals surface area contributed by atoms with Crippen LogP contribution in [0.15, 0.2) is 16.6 Å². The van der Waals surface area contributed by atoms with Crippen LogP contribution in [0.4, 0.5) is 10.1 Å². The van der Waals surface area contributed by atoms with Crippen molar-refractivity contribution in [1.82, 2.24) is 0 Å². The highest BCUT2D eigenvalue weighted by atomic mass is 79.9. The first-order valence-electron chi connectivity index (χ1n) is 5.12. The Labute approximate surface area is 114 Å². The van der Waals surface area contributed by atoms with Crippen LogP contribution in [-0.4, -0.2) is 25.1 Å². The fourth-order valence-corrected chi connectivity index (χ4v) is 2.62. The SMILES string of the molecule is CSCC(C)N(C)c1ccc(C#N)c(Br)c1F. The molecular weight excluding hydrogens is 303 g/mol. The van der Waals surface area contributed by atoms with E-state index in [1.54, 1.807) is 23.9 Å². The van der Waals surface area contributed by atoms with Crippen LogP contribution in [-0.2, 0) is 0 Å². The summed E-state index contributed by atoms with van der Waals surface area (Å²) >= 11 is 4.84. The first kappa shape index (κ1) is 14.3. The van der Waals surface area contributed by atoms with Crippen molar-refractivity contribution in [2.24, 2.45) is 0 Å². The van der Waals surface area contributed by atoms with Gasteiger partial charge in [-0.15, -0.1) is 0 Å². The molecule has 0 aliphatic heterocycles. The van der Waals surface area contributed by atoms with Gasteiger partial charge in [0.2, 0.25) is 0 Å². The third-order valence-corrected chi connectivity index (χ3v) is 4.22. The van der Waals surface area contributed by atoms with Gasteiger partial charge >= 0.3 is 0 Å². The van der Waals surface area contributed by atoms with Gasteiger partial charge in [-0.05, 0) is 41.2 Å². The Kier molecular flexibility index (Phi) is 5.29. The zero-order chi connectivity index (χ0) is 13.0. The molecule has 0 spiro atoms. The van der Waals surface area contributed by atoms with Crippen LogP contribution in [0.25, 0.3) is 0 Å². The summed E-state index contributed by atoms with van der Waals surface area (Å²) in [5.74, 6) is 0.549. The summed E-state index contributed by atoms with van der Waals surface area (Å²) in [6.45, 7) is 2.04. The third-order valence-electron chi connectivity index (χ3n) is 2.63. The van der Waals surface area contributed by atoms with E-state index >= 15 is 0 Å². The van der Waals surface area contributed by atoms with E-state index < -0.39 is 0 Å². The molecule has 0 saturated heterocycles. The van der Waals surface area contributed by atoms with Crippen molar-refractivity contribution in [1.29, 1.82) is 5.26 Å². The third kappa shape index (κ3) is 3.14. The van der Waals surface area contributed by atoms with Crippen molar-refractivity contribution in [3.63, 3.8) is 0 Å². The maximum absolute atomic E-state index is 14.1. The highest BCUT2D eigenvalue weighted by Gasteiger charge is 2.17. The van der Waals surface area contributed by atoms with Gasteiger partial charge in [0, 0.05) is 18.8 Å². The number of nitrogens with zero attached hydrogens (tertiary/aromatic N) is 2. The van der Waals surface area contributed by atoms with E-state index in [4.69, 9.17) is 5.26 Å². The lowest BCUT2D eigenvalue weighted by atomic mass is 10.2. The summed E-state index contributed by atoms with van der Waals surface area (Å²) in [6, 6.07) is 5.46. The molecule has 0 saturated carbocycles. The lowest BCUT2D eigenvalue weighted by molar-refractivity contribution is 0.608. The second-order valence-electron chi connectivity index (χ2n) is 3.79. The quantitative estimate of drug-likeness (QED) is 0.848. The van der Waals surface area contributed by atoms with Crippen LogP contribution in [0.5, 0.6) is 0 Å². The molecule has 92 valence electrons. The summed E-state index contributed by atoms with van der Waals surface area (Å²) < 4.78 is 14.3.